The predicted molar refractivity (Wildman–Crippen MR) is 44.6 cm³/mol. The first-order valence-electron chi connectivity index (χ1n) is 3.46. The number of carbonyl (C=O) groups excluding carboxylic acids is 2. The highest BCUT2D eigenvalue weighted by Crippen LogP contribution is 2.14. The molecule has 5 heteroatoms. The largest absolute Gasteiger partial charge is 0.633 e. The molecule has 0 aliphatic heterocycles. The van der Waals surface area contributed by atoms with Gasteiger partial charge in [-0.05, 0) is 12.1 Å². The van der Waals surface area contributed by atoms with E-state index in [0.29, 0.717) is 0 Å². The van der Waals surface area contributed by atoms with Gasteiger partial charge in [-0.2, -0.15) is 0 Å². The Balaban J connectivity index is 2.89. The van der Waals surface area contributed by atoms with Crippen molar-refractivity contribution in [2.24, 2.45) is 0 Å². The van der Waals surface area contributed by atoms with Crippen molar-refractivity contribution in [2.45, 2.75) is 0 Å². The van der Waals surface area contributed by atoms with Gasteiger partial charge in [0.1, 0.15) is 5.75 Å². The van der Waals surface area contributed by atoms with Crippen LogP contribution in [0.15, 0.2) is 24.3 Å². The lowest BCUT2D eigenvalue weighted by atomic mass is 10.2. The van der Waals surface area contributed by atoms with Crippen molar-refractivity contribution in [3.05, 3.63) is 29.8 Å². The second-order valence-corrected chi connectivity index (χ2v) is 2.30. The lowest BCUT2D eigenvalue weighted by Gasteiger charge is -1.99. The quantitative estimate of drug-likeness (QED) is 0.597. The topological polar surface area (TPSA) is 89.3 Å². The van der Waals surface area contributed by atoms with Gasteiger partial charge in [0.15, 0.2) is 0 Å². The first kappa shape index (κ1) is 9.05. The summed E-state index contributed by atoms with van der Waals surface area (Å²) in [7, 11) is 0. The minimum Gasteiger partial charge on any atom is -0.547 e. The number of rotatable bonds is 1. The zero-order chi connectivity index (χ0) is 9.84. The maximum absolute atomic E-state index is 11.1. The lowest BCUT2D eigenvalue weighted by Crippen LogP contribution is -2.28. The van der Waals surface area contributed by atoms with Crippen LogP contribution in [0.3, 0.4) is 0 Å². The normalized spacial score (nSPS) is 9.23. The smallest absolute Gasteiger partial charge is 0.547 e. The first-order chi connectivity index (χ1) is 6.11. The number of carbonyl (C=O) groups is 2. The molecule has 0 aliphatic carbocycles. The highest BCUT2D eigenvalue weighted by Gasteiger charge is 2.16. The number of hydrogen-bond donors (Lipinski definition) is 2. The van der Waals surface area contributed by atoms with Crippen LogP contribution in [0.2, 0.25) is 0 Å². The standard InChI is InChI=1S/C8H7NO4/c10-6-4-2-1-3-5(6)7(11)9-8(12)13/h1-4,10H,(H,9,11)(H,12,13)/p+1. The van der Waals surface area contributed by atoms with E-state index in [0.717, 1.165) is 0 Å². The Morgan fingerprint density at radius 1 is 1.31 bits per heavy atom. The third-order valence-corrected chi connectivity index (χ3v) is 1.38. The Labute approximate surface area is 73.6 Å². The molecule has 0 saturated heterocycles. The van der Waals surface area contributed by atoms with Crippen LogP contribution in [0.25, 0.3) is 0 Å². The van der Waals surface area contributed by atoms with Gasteiger partial charge in [0.2, 0.25) is 0 Å². The van der Waals surface area contributed by atoms with Gasteiger partial charge in [0.25, 0.3) is 5.91 Å². The molecule has 0 aromatic heterocycles. The fourth-order valence-corrected chi connectivity index (χ4v) is 0.836. The van der Waals surface area contributed by atoms with Crippen LogP contribution < -0.4 is 5.32 Å². The number of amides is 2. The molecule has 0 heterocycles. The summed E-state index contributed by atoms with van der Waals surface area (Å²) in [5.74, 6) is -1.00. The monoisotopic (exact) mass is 182 g/mol. The summed E-state index contributed by atoms with van der Waals surface area (Å²) in [4.78, 5) is 21.3. The number of phenolic OH excluding ortho intramolecular Hbond substituents is 1. The molecule has 1 aromatic rings. The molecule has 2 amide bonds. The molecule has 0 unspecified atom stereocenters. The molecule has 13 heavy (non-hydrogen) atoms. The van der Waals surface area contributed by atoms with Gasteiger partial charge in [0.05, 0.1) is 10.4 Å². The van der Waals surface area contributed by atoms with Gasteiger partial charge in [-0.1, -0.05) is 12.1 Å². The van der Waals surface area contributed by atoms with Crippen LogP contribution in [0.5, 0.6) is 5.75 Å². The van der Waals surface area contributed by atoms with E-state index in [1.807, 2.05) is 0 Å². The molecule has 0 spiro atoms. The van der Waals surface area contributed by atoms with E-state index in [2.05, 4.69) is 0 Å². The van der Waals surface area contributed by atoms with Crippen molar-refractivity contribution in [1.82, 2.24) is 5.32 Å². The minimum atomic E-state index is -1.20. The third-order valence-electron chi connectivity index (χ3n) is 1.38. The average Bonchev–Trinajstić information content (AvgIpc) is 2.03. The summed E-state index contributed by atoms with van der Waals surface area (Å²) in [6.45, 7) is 0. The summed E-state index contributed by atoms with van der Waals surface area (Å²) in [6, 6.07) is 5.77. The summed E-state index contributed by atoms with van der Waals surface area (Å²) >= 11 is 0. The number of aromatic hydroxyl groups is 1. The summed E-state index contributed by atoms with van der Waals surface area (Å²) in [5.41, 5.74) is -0.0249. The van der Waals surface area contributed by atoms with E-state index in [-0.39, 0.29) is 11.3 Å². The maximum Gasteiger partial charge on any atom is 0.633 e. The molecule has 1 aromatic carbocycles. The molecule has 5 nitrogen and oxygen atoms in total. The Morgan fingerprint density at radius 3 is 2.46 bits per heavy atom. The highest BCUT2D eigenvalue weighted by atomic mass is 16.4. The molecule has 0 fully saturated rings. The number of nitrogens with one attached hydrogen (secondary N) is 1. The van der Waals surface area contributed by atoms with E-state index >= 15 is 0 Å². The molecule has 0 saturated carbocycles. The molecule has 68 valence electrons. The Morgan fingerprint density at radius 2 is 1.92 bits per heavy atom. The van der Waals surface area contributed by atoms with Gasteiger partial charge in [-0.15, -0.1) is 0 Å². The van der Waals surface area contributed by atoms with E-state index in [9.17, 15) is 9.59 Å². The van der Waals surface area contributed by atoms with Gasteiger partial charge >= 0.3 is 6.09 Å². The number of hydrogen-bond acceptors (Lipinski definition) is 3. The zero-order valence-electron chi connectivity index (χ0n) is 6.57. The Bertz CT molecular complexity index is 348. The maximum atomic E-state index is 11.1. The van der Waals surface area contributed by atoms with Crippen molar-refractivity contribution in [3.63, 3.8) is 0 Å². The number of phenols is 1. The van der Waals surface area contributed by atoms with E-state index in [1.54, 1.807) is 17.4 Å². The Kier molecular flexibility index (Phi) is 2.49. The van der Waals surface area contributed by atoms with Crippen LogP contribution in [-0.4, -0.2) is 22.2 Å². The fourth-order valence-electron chi connectivity index (χ4n) is 0.836. The molecule has 0 radical (unpaired) electrons. The molecule has 0 aliphatic rings. The van der Waals surface area contributed by atoms with E-state index < -0.39 is 12.0 Å². The number of imide groups is 1. The molecular weight excluding hydrogens is 174 g/mol. The van der Waals surface area contributed by atoms with Crippen molar-refractivity contribution < 1.29 is 19.8 Å². The number of para-hydroxylation sites is 1. The average molecular weight is 182 g/mol. The summed E-state index contributed by atoms with van der Waals surface area (Å²) in [5, 5.41) is 17.4. The highest BCUT2D eigenvalue weighted by molar-refractivity contribution is 6.04. The molecule has 0 atom stereocenters. The van der Waals surface area contributed by atoms with Crippen LogP contribution in [-0.2, 0) is 0 Å². The van der Waals surface area contributed by atoms with Gasteiger partial charge in [-0.3, -0.25) is 4.79 Å². The van der Waals surface area contributed by atoms with Crippen LogP contribution in [0.4, 0.5) is 4.79 Å². The van der Waals surface area contributed by atoms with Crippen LogP contribution in [0.1, 0.15) is 10.4 Å². The van der Waals surface area contributed by atoms with E-state index in [1.165, 1.54) is 12.1 Å². The van der Waals surface area contributed by atoms with Gasteiger partial charge in [0, 0.05) is 0 Å². The summed E-state index contributed by atoms with van der Waals surface area (Å²) in [6.07, 6.45) is -1.20. The van der Waals surface area contributed by atoms with Gasteiger partial charge < -0.3 is 10.2 Å². The van der Waals surface area contributed by atoms with Crippen molar-refractivity contribution in [3.8, 4) is 5.75 Å². The van der Waals surface area contributed by atoms with Crippen molar-refractivity contribution in [2.75, 3.05) is 0 Å². The molecule has 4 N–H and O–H groups in total. The molecule has 0 bridgehead atoms. The SMILES string of the molecule is O=C([OH2+])NC(=O)c1ccccc1O. The zero-order valence-corrected chi connectivity index (χ0v) is 6.57. The van der Waals surface area contributed by atoms with Crippen LogP contribution >= 0.6 is 0 Å². The lowest BCUT2D eigenvalue weighted by molar-refractivity contribution is 0.0945. The molecule has 1 rings (SSSR count). The number of benzene rings is 1. The Hall–Kier alpha value is -2.04. The van der Waals surface area contributed by atoms with Crippen molar-refractivity contribution >= 4 is 12.0 Å². The van der Waals surface area contributed by atoms with Gasteiger partial charge in [-0.25, -0.2) is 5.32 Å². The second kappa shape index (κ2) is 3.57. The minimum absolute atomic E-state index is 0.0249. The second-order valence-electron chi connectivity index (χ2n) is 2.30. The van der Waals surface area contributed by atoms with Crippen LogP contribution in [0, 0.1) is 0 Å². The first-order valence-corrected chi connectivity index (χ1v) is 3.46. The van der Waals surface area contributed by atoms with E-state index in [4.69, 9.17) is 10.2 Å². The third kappa shape index (κ3) is 2.19. The predicted octanol–water partition coefficient (Wildman–Crippen LogP) is -0.0334. The van der Waals surface area contributed by atoms with Crippen molar-refractivity contribution in [1.29, 1.82) is 0 Å². The molecular formula is C8H8NO4+. The fraction of sp³-hybridized carbons (Fsp3) is 0. The summed E-state index contributed by atoms with van der Waals surface area (Å²) < 4.78 is 0.